The highest BCUT2D eigenvalue weighted by atomic mass is 19.3. The molecule has 0 unspecified atom stereocenters. The number of aldehydes is 1. The summed E-state index contributed by atoms with van der Waals surface area (Å²) in [6, 6.07) is 0. The van der Waals surface area contributed by atoms with E-state index in [1.807, 2.05) is 0 Å². The molecule has 0 aromatic carbocycles. The summed E-state index contributed by atoms with van der Waals surface area (Å²) in [5, 5.41) is 0. The Morgan fingerprint density at radius 1 is 1.57 bits per heavy atom. The van der Waals surface area contributed by atoms with E-state index >= 15 is 0 Å². The molecule has 0 radical (unpaired) electrons. The van der Waals surface area contributed by atoms with E-state index in [-0.39, 0.29) is 18.4 Å². The first-order valence-electron chi connectivity index (χ1n) is 3.72. The normalized spacial score (nSPS) is 10.6. The Morgan fingerprint density at radius 2 is 2.21 bits per heavy atom. The van der Waals surface area contributed by atoms with E-state index in [1.54, 1.807) is 0 Å². The molecule has 6 heteroatoms. The SMILES string of the molecule is NCc1c(C(F)F)cnc(F)c1C=O. The number of nitrogens with zero attached hydrogens (tertiary/aromatic N) is 1. The minimum absolute atomic E-state index is 0.135. The Bertz CT molecular complexity index is 355. The third-order valence-electron chi connectivity index (χ3n) is 1.77. The van der Waals surface area contributed by atoms with Gasteiger partial charge in [-0.2, -0.15) is 4.39 Å². The lowest BCUT2D eigenvalue weighted by molar-refractivity contribution is 0.111. The first kappa shape index (κ1) is 10.6. The van der Waals surface area contributed by atoms with Crippen molar-refractivity contribution in [2.75, 3.05) is 0 Å². The minimum atomic E-state index is -2.82. The van der Waals surface area contributed by atoms with Crippen LogP contribution in [0, 0.1) is 5.95 Å². The Labute approximate surface area is 77.7 Å². The van der Waals surface area contributed by atoms with Gasteiger partial charge < -0.3 is 5.73 Å². The molecule has 1 aromatic rings. The zero-order valence-electron chi connectivity index (χ0n) is 7.01. The predicted octanol–water partition coefficient (Wildman–Crippen LogP) is 1.43. The van der Waals surface area contributed by atoms with Crippen LogP contribution in [0.15, 0.2) is 6.20 Å². The summed E-state index contributed by atoms with van der Waals surface area (Å²) in [7, 11) is 0. The van der Waals surface area contributed by atoms with Gasteiger partial charge in [0.1, 0.15) is 0 Å². The molecule has 0 aliphatic carbocycles. The van der Waals surface area contributed by atoms with E-state index in [2.05, 4.69) is 4.98 Å². The summed E-state index contributed by atoms with van der Waals surface area (Å²) in [5.74, 6) is -1.08. The van der Waals surface area contributed by atoms with Gasteiger partial charge in [0.25, 0.3) is 6.43 Å². The van der Waals surface area contributed by atoms with Crippen LogP contribution in [0.25, 0.3) is 0 Å². The number of carbonyl (C=O) groups excluding carboxylic acids is 1. The van der Waals surface area contributed by atoms with Crippen LogP contribution in [0.3, 0.4) is 0 Å². The third kappa shape index (κ3) is 1.74. The van der Waals surface area contributed by atoms with E-state index in [0.717, 1.165) is 0 Å². The molecule has 0 spiro atoms. The highest BCUT2D eigenvalue weighted by Crippen LogP contribution is 2.24. The molecule has 1 aromatic heterocycles. The summed E-state index contributed by atoms with van der Waals surface area (Å²) < 4.78 is 37.5. The number of halogens is 3. The average Bonchev–Trinajstić information content (AvgIpc) is 2.16. The van der Waals surface area contributed by atoms with Crippen molar-refractivity contribution in [2.24, 2.45) is 5.73 Å². The van der Waals surface area contributed by atoms with Crippen molar-refractivity contribution in [1.82, 2.24) is 4.98 Å². The van der Waals surface area contributed by atoms with Crippen molar-refractivity contribution in [3.8, 4) is 0 Å². The van der Waals surface area contributed by atoms with Crippen molar-refractivity contribution in [3.63, 3.8) is 0 Å². The molecule has 14 heavy (non-hydrogen) atoms. The van der Waals surface area contributed by atoms with Crippen LogP contribution in [-0.2, 0) is 6.54 Å². The Kier molecular flexibility index (Phi) is 3.19. The molecule has 0 bridgehead atoms. The summed E-state index contributed by atoms with van der Waals surface area (Å²) in [6.07, 6.45) is -1.99. The molecule has 0 fully saturated rings. The molecule has 3 nitrogen and oxygen atoms in total. The minimum Gasteiger partial charge on any atom is -0.326 e. The van der Waals surface area contributed by atoms with E-state index in [4.69, 9.17) is 5.73 Å². The number of alkyl halides is 2. The van der Waals surface area contributed by atoms with Gasteiger partial charge in [0, 0.05) is 18.3 Å². The van der Waals surface area contributed by atoms with Crippen LogP contribution in [0.4, 0.5) is 13.2 Å². The fourth-order valence-electron chi connectivity index (χ4n) is 1.09. The molecular weight excluding hydrogens is 197 g/mol. The summed E-state index contributed by atoms with van der Waals surface area (Å²) in [5.41, 5.74) is 3.96. The number of carbonyl (C=O) groups is 1. The van der Waals surface area contributed by atoms with E-state index in [9.17, 15) is 18.0 Å². The zero-order valence-corrected chi connectivity index (χ0v) is 7.01. The Morgan fingerprint density at radius 3 is 2.64 bits per heavy atom. The van der Waals surface area contributed by atoms with Crippen LogP contribution in [0.2, 0.25) is 0 Å². The fraction of sp³-hybridized carbons (Fsp3) is 0.250. The van der Waals surface area contributed by atoms with Gasteiger partial charge in [-0.05, 0) is 5.56 Å². The number of hydrogen-bond donors (Lipinski definition) is 1. The van der Waals surface area contributed by atoms with Gasteiger partial charge in [-0.3, -0.25) is 4.79 Å². The van der Waals surface area contributed by atoms with Crippen molar-refractivity contribution < 1.29 is 18.0 Å². The lowest BCUT2D eigenvalue weighted by Crippen LogP contribution is -2.09. The van der Waals surface area contributed by atoms with Crippen LogP contribution in [-0.4, -0.2) is 11.3 Å². The molecule has 0 saturated heterocycles. The number of nitrogens with two attached hydrogens (primary N) is 1. The number of rotatable bonds is 3. The van der Waals surface area contributed by atoms with E-state index < -0.39 is 23.5 Å². The zero-order chi connectivity index (χ0) is 10.7. The Hall–Kier alpha value is -1.43. The number of hydrogen-bond acceptors (Lipinski definition) is 3. The molecule has 0 aliphatic heterocycles. The van der Waals surface area contributed by atoms with Gasteiger partial charge in [0.2, 0.25) is 5.95 Å². The van der Waals surface area contributed by atoms with Crippen LogP contribution >= 0.6 is 0 Å². The highest BCUT2D eigenvalue weighted by molar-refractivity contribution is 5.77. The first-order valence-corrected chi connectivity index (χ1v) is 3.72. The summed E-state index contributed by atoms with van der Waals surface area (Å²) in [6.45, 7) is -0.326. The quantitative estimate of drug-likeness (QED) is 0.598. The van der Waals surface area contributed by atoms with Crippen LogP contribution < -0.4 is 5.73 Å². The lowest BCUT2D eigenvalue weighted by atomic mass is 10.1. The largest absolute Gasteiger partial charge is 0.326 e. The third-order valence-corrected chi connectivity index (χ3v) is 1.77. The number of pyridine rings is 1. The average molecular weight is 204 g/mol. The van der Waals surface area contributed by atoms with Gasteiger partial charge in [0.05, 0.1) is 5.56 Å². The predicted molar refractivity (Wildman–Crippen MR) is 42.4 cm³/mol. The highest BCUT2D eigenvalue weighted by Gasteiger charge is 2.18. The fourth-order valence-corrected chi connectivity index (χ4v) is 1.09. The maximum absolute atomic E-state index is 12.8. The molecule has 0 atom stereocenters. The molecule has 1 rings (SSSR count). The van der Waals surface area contributed by atoms with Crippen LogP contribution in [0.5, 0.6) is 0 Å². The molecular formula is C8H7F3N2O. The van der Waals surface area contributed by atoms with Crippen molar-refractivity contribution >= 4 is 6.29 Å². The molecule has 0 aliphatic rings. The molecule has 1 heterocycles. The van der Waals surface area contributed by atoms with Crippen LogP contribution in [0.1, 0.15) is 27.9 Å². The topological polar surface area (TPSA) is 56.0 Å². The van der Waals surface area contributed by atoms with Crippen molar-refractivity contribution in [3.05, 3.63) is 28.8 Å². The molecule has 76 valence electrons. The second-order valence-corrected chi connectivity index (χ2v) is 2.52. The standard InChI is InChI=1S/C8H7F3N2O/c9-7(10)5-2-13-8(11)6(3-14)4(5)1-12/h2-3,7H,1,12H2. The van der Waals surface area contributed by atoms with Gasteiger partial charge in [-0.15, -0.1) is 0 Å². The van der Waals surface area contributed by atoms with Gasteiger partial charge in [-0.25, -0.2) is 13.8 Å². The maximum atomic E-state index is 12.8. The monoisotopic (exact) mass is 204 g/mol. The second kappa shape index (κ2) is 4.19. The van der Waals surface area contributed by atoms with Crippen molar-refractivity contribution in [1.29, 1.82) is 0 Å². The van der Waals surface area contributed by atoms with Gasteiger partial charge >= 0.3 is 0 Å². The van der Waals surface area contributed by atoms with E-state index in [1.165, 1.54) is 0 Å². The van der Waals surface area contributed by atoms with Crippen molar-refractivity contribution in [2.45, 2.75) is 13.0 Å². The molecule has 0 saturated carbocycles. The first-order chi connectivity index (χ1) is 6.61. The Balaban J connectivity index is 3.40. The molecule has 0 amide bonds. The van der Waals surface area contributed by atoms with Gasteiger partial charge in [0.15, 0.2) is 6.29 Å². The lowest BCUT2D eigenvalue weighted by Gasteiger charge is -2.08. The smallest absolute Gasteiger partial charge is 0.265 e. The summed E-state index contributed by atoms with van der Waals surface area (Å²) in [4.78, 5) is 13.4. The summed E-state index contributed by atoms with van der Waals surface area (Å²) >= 11 is 0. The maximum Gasteiger partial charge on any atom is 0.265 e. The van der Waals surface area contributed by atoms with E-state index in [0.29, 0.717) is 6.20 Å². The number of aromatic nitrogens is 1. The van der Waals surface area contributed by atoms with Gasteiger partial charge in [-0.1, -0.05) is 0 Å². The molecule has 2 N–H and O–H groups in total. The second-order valence-electron chi connectivity index (χ2n) is 2.52.